The Morgan fingerprint density at radius 2 is 1.95 bits per heavy atom. The zero-order chi connectivity index (χ0) is 14.8. The van der Waals surface area contributed by atoms with Crippen molar-refractivity contribution >= 4 is 11.9 Å². The van der Waals surface area contributed by atoms with Crippen LogP contribution in [0.4, 0.5) is 4.79 Å². The van der Waals surface area contributed by atoms with Gasteiger partial charge in [-0.15, -0.1) is 0 Å². The molecule has 0 bridgehead atoms. The Balaban J connectivity index is 2.25. The normalized spacial score (nSPS) is 19.4. The first-order valence-corrected chi connectivity index (χ1v) is 6.80. The molecule has 1 aliphatic heterocycles. The second-order valence-corrected chi connectivity index (χ2v) is 5.98. The molecule has 5 nitrogen and oxygen atoms in total. The highest BCUT2D eigenvalue weighted by atomic mass is 16.2. The standard InChI is InChI=1S/C15H21N3O2/c1-15(2,3)17-14(20)18-10-9-16-13(19)12(18)11-7-5-4-6-8-11/h4-8,12H,9-10H2,1-3H3,(H,16,19)(H,17,20). The number of nitrogens with one attached hydrogen (secondary N) is 2. The Kier molecular flexibility index (Phi) is 3.97. The lowest BCUT2D eigenvalue weighted by molar-refractivity contribution is -0.127. The fourth-order valence-electron chi connectivity index (χ4n) is 2.24. The van der Waals surface area contributed by atoms with Crippen LogP contribution >= 0.6 is 0 Å². The number of piperazine rings is 1. The summed E-state index contributed by atoms with van der Waals surface area (Å²) in [6.07, 6.45) is 0. The Bertz CT molecular complexity index is 494. The zero-order valence-corrected chi connectivity index (χ0v) is 12.1. The van der Waals surface area contributed by atoms with Crippen LogP contribution < -0.4 is 10.6 Å². The third-order valence-corrected chi connectivity index (χ3v) is 3.07. The van der Waals surface area contributed by atoms with Crippen LogP contribution in [0.5, 0.6) is 0 Å². The van der Waals surface area contributed by atoms with Crippen LogP contribution in [0.1, 0.15) is 32.4 Å². The summed E-state index contributed by atoms with van der Waals surface area (Å²) in [5, 5.41) is 5.73. The van der Waals surface area contributed by atoms with Gasteiger partial charge >= 0.3 is 6.03 Å². The summed E-state index contributed by atoms with van der Waals surface area (Å²) >= 11 is 0. The third-order valence-electron chi connectivity index (χ3n) is 3.07. The summed E-state index contributed by atoms with van der Waals surface area (Å²) in [7, 11) is 0. The maximum absolute atomic E-state index is 12.4. The van der Waals surface area contributed by atoms with E-state index in [9.17, 15) is 9.59 Å². The number of hydrogen-bond donors (Lipinski definition) is 2. The van der Waals surface area contributed by atoms with Crippen LogP contribution in [0.25, 0.3) is 0 Å². The molecule has 1 aromatic rings. The number of carbonyl (C=O) groups excluding carboxylic acids is 2. The fourth-order valence-corrected chi connectivity index (χ4v) is 2.24. The van der Waals surface area contributed by atoms with Crippen LogP contribution in [-0.4, -0.2) is 35.5 Å². The molecule has 1 saturated heterocycles. The summed E-state index contributed by atoms with van der Waals surface area (Å²) in [6, 6.07) is 8.60. The van der Waals surface area contributed by atoms with Crippen molar-refractivity contribution in [3.8, 4) is 0 Å². The smallest absolute Gasteiger partial charge is 0.318 e. The van der Waals surface area contributed by atoms with E-state index in [0.717, 1.165) is 5.56 Å². The maximum atomic E-state index is 12.4. The first kappa shape index (κ1) is 14.4. The molecule has 0 aromatic heterocycles. The molecule has 1 aliphatic rings. The van der Waals surface area contributed by atoms with Crippen LogP contribution in [0.2, 0.25) is 0 Å². The molecule has 2 N–H and O–H groups in total. The Labute approximate surface area is 119 Å². The van der Waals surface area contributed by atoms with E-state index in [0.29, 0.717) is 13.1 Å². The first-order chi connectivity index (χ1) is 9.38. The molecule has 5 heteroatoms. The molecule has 0 radical (unpaired) electrons. The van der Waals surface area contributed by atoms with Gasteiger partial charge in [0.05, 0.1) is 0 Å². The second kappa shape index (κ2) is 5.53. The number of rotatable bonds is 1. The molecule has 0 spiro atoms. The van der Waals surface area contributed by atoms with Crippen molar-refractivity contribution < 1.29 is 9.59 Å². The Hall–Kier alpha value is -2.04. The van der Waals surface area contributed by atoms with Gasteiger partial charge in [-0.25, -0.2) is 4.79 Å². The van der Waals surface area contributed by atoms with E-state index < -0.39 is 6.04 Å². The third kappa shape index (κ3) is 3.29. The number of amides is 3. The molecule has 3 amide bonds. The summed E-state index contributed by atoms with van der Waals surface area (Å²) in [5.74, 6) is -0.133. The summed E-state index contributed by atoms with van der Waals surface area (Å²) in [5.41, 5.74) is 0.500. The average Bonchev–Trinajstić information content (AvgIpc) is 2.37. The van der Waals surface area contributed by atoms with Crippen molar-refractivity contribution in [3.63, 3.8) is 0 Å². The minimum absolute atomic E-state index is 0.133. The molecular formula is C15H21N3O2. The van der Waals surface area contributed by atoms with Crippen LogP contribution in [0.15, 0.2) is 30.3 Å². The van der Waals surface area contributed by atoms with Gasteiger partial charge in [-0.05, 0) is 26.3 Å². The Morgan fingerprint density at radius 1 is 1.30 bits per heavy atom. The number of benzene rings is 1. The lowest BCUT2D eigenvalue weighted by Crippen LogP contribution is -2.57. The van der Waals surface area contributed by atoms with Crippen molar-refractivity contribution in [1.29, 1.82) is 0 Å². The van der Waals surface area contributed by atoms with E-state index in [-0.39, 0.29) is 17.5 Å². The summed E-state index contributed by atoms with van der Waals surface area (Å²) in [4.78, 5) is 26.1. The second-order valence-electron chi connectivity index (χ2n) is 5.98. The topological polar surface area (TPSA) is 61.4 Å². The first-order valence-electron chi connectivity index (χ1n) is 6.80. The molecule has 1 unspecified atom stereocenters. The predicted octanol–water partition coefficient (Wildman–Crippen LogP) is 1.67. The van der Waals surface area contributed by atoms with Crippen molar-refractivity contribution in [3.05, 3.63) is 35.9 Å². The van der Waals surface area contributed by atoms with Gasteiger partial charge in [0, 0.05) is 18.6 Å². The molecule has 1 atom stereocenters. The summed E-state index contributed by atoms with van der Waals surface area (Å²) in [6.45, 7) is 6.76. The van der Waals surface area contributed by atoms with Gasteiger partial charge in [0.1, 0.15) is 6.04 Å². The SMILES string of the molecule is CC(C)(C)NC(=O)N1CCNC(=O)C1c1ccccc1. The quantitative estimate of drug-likeness (QED) is 0.819. The molecule has 108 valence electrons. The summed E-state index contributed by atoms with van der Waals surface area (Å²) < 4.78 is 0. The van der Waals surface area contributed by atoms with Gasteiger partial charge in [-0.1, -0.05) is 30.3 Å². The Morgan fingerprint density at radius 3 is 2.55 bits per heavy atom. The number of nitrogens with zero attached hydrogens (tertiary/aromatic N) is 1. The van der Waals surface area contributed by atoms with Gasteiger partial charge < -0.3 is 15.5 Å². The average molecular weight is 275 g/mol. The van der Waals surface area contributed by atoms with Gasteiger partial charge in [0.25, 0.3) is 0 Å². The van der Waals surface area contributed by atoms with Crippen molar-refractivity contribution in [2.24, 2.45) is 0 Å². The molecule has 1 aromatic carbocycles. The highest BCUT2D eigenvalue weighted by molar-refractivity contribution is 5.89. The number of urea groups is 1. The van der Waals surface area contributed by atoms with E-state index in [1.165, 1.54) is 0 Å². The fraction of sp³-hybridized carbons (Fsp3) is 0.467. The molecule has 0 saturated carbocycles. The van der Waals surface area contributed by atoms with Gasteiger partial charge in [0.2, 0.25) is 5.91 Å². The van der Waals surface area contributed by atoms with E-state index in [1.54, 1.807) is 4.90 Å². The monoisotopic (exact) mass is 275 g/mol. The van der Waals surface area contributed by atoms with Crippen molar-refractivity contribution in [2.75, 3.05) is 13.1 Å². The lowest BCUT2D eigenvalue weighted by atomic mass is 10.0. The predicted molar refractivity (Wildman–Crippen MR) is 77.2 cm³/mol. The minimum Gasteiger partial charge on any atom is -0.352 e. The molecule has 20 heavy (non-hydrogen) atoms. The van der Waals surface area contributed by atoms with Crippen LogP contribution in [0, 0.1) is 0 Å². The van der Waals surface area contributed by atoms with Crippen molar-refractivity contribution in [1.82, 2.24) is 15.5 Å². The van der Waals surface area contributed by atoms with E-state index in [4.69, 9.17) is 0 Å². The highest BCUT2D eigenvalue weighted by Gasteiger charge is 2.35. The van der Waals surface area contributed by atoms with Crippen LogP contribution in [0.3, 0.4) is 0 Å². The van der Waals surface area contributed by atoms with Crippen molar-refractivity contribution in [2.45, 2.75) is 32.4 Å². The minimum atomic E-state index is -0.563. The van der Waals surface area contributed by atoms with Gasteiger partial charge in [-0.3, -0.25) is 4.79 Å². The van der Waals surface area contributed by atoms with Crippen LogP contribution in [-0.2, 0) is 4.79 Å². The van der Waals surface area contributed by atoms with Gasteiger partial charge in [-0.2, -0.15) is 0 Å². The number of carbonyl (C=O) groups is 2. The highest BCUT2D eigenvalue weighted by Crippen LogP contribution is 2.23. The zero-order valence-electron chi connectivity index (χ0n) is 12.1. The maximum Gasteiger partial charge on any atom is 0.318 e. The largest absolute Gasteiger partial charge is 0.352 e. The van der Waals surface area contributed by atoms with Gasteiger partial charge in [0.15, 0.2) is 0 Å². The molecule has 1 heterocycles. The van der Waals surface area contributed by atoms with E-state index in [1.807, 2.05) is 51.1 Å². The molecule has 2 rings (SSSR count). The number of hydrogen-bond acceptors (Lipinski definition) is 2. The van der Waals surface area contributed by atoms with E-state index >= 15 is 0 Å². The molecule has 1 fully saturated rings. The van der Waals surface area contributed by atoms with E-state index in [2.05, 4.69) is 10.6 Å². The lowest BCUT2D eigenvalue weighted by Gasteiger charge is -2.37. The molecular weight excluding hydrogens is 254 g/mol. The molecule has 0 aliphatic carbocycles.